The van der Waals surface area contributed by atoms with Gasteiger partial charge in [-0.3, -0.25) is 9.13 Å². The molecule has 0 saturated carbocycles. The van der Waals surface area contributed by atoms with Crippen molar-refractivity contribution in [1.82, 2.24) is 0 Å². The average molecular weight is 314 g/mol. The molecule has 1 atom stereocenters. The number of ether oxygens (including phenoxy) is 1. The quantitative estimate of drug-likeness (QED) is 0.540. The van der Waals surface area contributed by atoms with Gasteiger partial charge in [0.2, 0.25) is 0 Å². The molecule has 0 bridgehead atoms. The molecule has 10 heteroatoms. The predicted molar refractivity (Wildman–Crippen MR) is 66.7 cm³/mol. The number of hydrogen-bond donors (Lipinski definition) is 3. The lowest BCUT2D eigenvalue weighted by molar-refractivity contribution is 0.367. The highest BCUT2D eigenvalue weighted by atomic mass is 32.2. The fourth-order valence-corrected chi connectivity index (χ4v) is 4.52. The molecule has 1 aromatic rings. The van der Waals surface area contributed by atoms with Crippen LogP contribution >= 0.6 is 27.2 Å². The molecule has 18 heavy (non-hydrogen) atoms. The van der Waals surface area contributed by atoms with Gasteiger partial charge in [-0.15, -0.1) is 0 Å². The van der Waals surface area contributed by atoms with Crippen molar-refractivity contribution < 1.29 is 32.5 Å². The van der Waals surface area contributed by atoms with Crippen molar-refractivity contribution in [3.63, 3.8) is 0 Å². The molecule has 0 aliphatic carbocycles. The fraction of sp³-hybridized carbons (Fsp3) is 0.250. The molecule has 0 spiro atoms. The van der Waals surface area contributed by atoms with Crippen LogP contribution in [0.3, 0.4) is 0 Å². The SMILES string of the molecule is COc1ccc(SOP(=O)(O)CP(=O)(O)O)cc1. The topological polar surface area (TPSA) is 113 Å². The first-order valence-corrected chi connectivity index (χ1v) is 8.89. The van der Waals surface area contributed by atoms with Crippen molar-refractivity contribution in [3.8, 4) is 5.75 Å². The van der Waals surface area contributed by atoms with Gasteiger partial charge in [-0.25, -0.2) is 3.97 Å². The molecule has 0 amide bonds. The van der Waals surface area contributed by atoms with Crippen molar-refractivity contribution in [1.29, 1.82) is 0 Å². The molecule has 0 radical (unpaired) electrons. The van der Waals surface area contributed by atoms with E-state index in [2.05, 4.69) is 3.97 Å². The van der Waals surface area contributed by atoms with E-state index in [4.69, 9.17) is 14.5 Å². The molecule has 0 fully saturated rings. The molecule has 0 aliphatic heterocycles. The first-order valence-electron chi connectivity index (χ1n) is 4.58. The highest BCUT2D eigenvalue weighted by Gasteiger charge is 2.31. The van der Waals surface area contributed by atoms with Crippen molar-refractivity contribution >= 4 is 27.2 Å². The summed E-state index contributed by atoms with van der Waals surface area (Å²) in [4.78, 5) is 26.9. The minimum atomic E-state index is -4.59. The number of methoxy groups -OCH3 is 1. The largest absolute Gasteiger partial charge is 0.497 e. The van der Waals surface area contributed by atoms with Gasteiger partial charge in [0.25, 0.3) is 0 Å². The Hall–Kier alpha value is -0.330. The van der Waals surface area contributed by atoms with E-state index >= 15 is 0 Å². The molecule has 0 heterocycles. The van der Waals surface area contributed by atoms with Crippen LogP contribution in [0.4, 0.5) is 0 Å². The van der Waals surface area contributed by atoms with Crippen LogP contribution in [0.5, 0.6) is 5.75 Å². The van der Waals surface area contributed by atoms with Crippen LogP contribution in [-0.4, -0.2) is 27.7 Å². The van der Waals surface area contributed by atoms with Crippen LogP contribution in [0.1, 0.15) is 0 Å². The smallest absolute Gasteiger partial charge is 0.351 e. The van der Waals surface area contributed by atoms with Gasteiger partial charge in [-0.05, 0) is 24.3 Å². The first kappa shape index (κ1) is 15.7. The summed E-state index contributed by atoms with van der Waals surface area (Å²) in [6.07, 6.45) is 0. The van der Waals surface area contributed by atoms with Crippen LogP contribution < -0.4 is 4.74 Å². The molecule has 1 aromatic carbocycles. The highest BCUT2D eigenvalue weighted by molar-refractivity contribution is 7.98. The fourth-order valence-electron chi connectivity index (χ4n) is 0.989. The van der Waals surface area contributed by atoms with Crippen LogP contribution in [0.15, 0.2) is 29.2 Å². The third kappa shape index (κ3) is 6.02. The summed E-state index contributed by atoms with van der Waals surface area (Å²) in [5.41, 5.74) is 0. The molecule has 1 unspecified atom stereocenters. The molecule has 7 nitrogen and oxygen atoms in total. The van der Waals surface area contributed by atoms with Gasteiger partial charge in [0.15, 0.2) is 5.90 Å². The second kappa shape index (κ2) is 6.21. The van der Waals surface area contributed by atoms with E-state index in [0.29, 0.717) is 22.7 Å². The zero-order chi connectivity index (χ0) is 13.8. The van der Waals surface area contributed by atoms with Crippen molar-refractivity contribution in [2.75, 3.05) is 13.0 Å². The summed E-state index contributed by atoms with van der Waals surface area (Å²) < 4.78 is 31.4. The number of hydrogen-bond acceptors (Lipinski definition) is 5. The van der Waals surface area contributed by atoms with Crippen LogP contribution in [0.2, 0.25) is 0 Å². The molecule has 0 saturated heterocycles. The Labute approximate surface area is 108 Å². The van der Waals surface area contributed by atoms with Gasteiger partial charge >= 0.3 is 15.2 Å². The Morgan fingerprint density at radius 1 is 1.17 bits per heavy atom. The maximum Gasteiger partial charge on any atom is 0.351 e. The van der Waals surface area contributed by atoms with E-state index < -0.39 is 21.1 Å². The minimum Gasteiger partial charge on any atom is -0.497 e. The number of benzene rings is 1. The van der Waals surface area contributed by atoms with E-state index in [1.54, 1.807) is 24.3 Å². The molecule has 3 N–H and O–H groups in total. The molecule has 0 aliphatic rings. The standard InChI is InChI=1S/C8H12O7P2S/c1-14-7-2-4-8(5-3-7)18-15-17(12,13)6-16(9,10)11/h2-5H,6H2,1H3,(H,12,13)(H2,9,10,11). The lowest BCUT2D eigenvalue weighted by atomic mass is 10.3. The lowest BCUT2D eigenvalue weighted by Crippen LogP contribution is -1.91. The first-order chi connectivity index (χ1) is 8.22. The highest BCUT2D eigenvalue weighted by Crippen LogP contribution is 2.58. The second-order valence-corrected chi connectivity index (χ2v) is 8.25. The molecule has 0 aromatic heterocycles. The summed E-state index contributed by atoms with van der Waals surface area (Å²) in [7, 11) is -7.42. The second-order valence-electron chi connectivity index (χ2n) is 3.28. The van der Waals surface area contributed by atoms with Gasteiger partial charge in [0.1, 0.15) is 5.75 Å². The monoisotopic (exact) mass is 314 g/mol. The maximum absolute atomic E-state index is 11.3. The Morgan fingerprint density at radius 3 is 2.17 bits per heavy atom. The van der Waals surface area contributed by atoms with Crippen LogP contribution in [-0.2, 0) is 13.1 Å². The minimum absolute atomic E-state index is 0.510. The van der Waals surface area contributed by atoms with E-state index in [1.807, 2.05) is 0 Å². The molecular weight excluding hydrogens is 302 g/mol. The van der Waals surface area contributed by atoms with Crippen LogP contribution in [0, 0.1) is 0 Å². The van der Waals surface area contributed by atoms with Crippen LogP contribution in [0.25, 0.3) is 0 Å². The Kier molecular flexibility index (Phi) is 5.43. The summed E-state index contributed by atoms with van der Waals surface area (Å²) in [6.45, 7) is 0. The lowest BCUT2D eigenvalue weighted by Gasteiger charge is -2.11. The molecule has 102 valence electrons. The molecular formula is C8H12O7P2S. The maximum atomic E-state index is 11.3. The van der Waals surface area contributed by atoms with Gasteiger partial charge in [0, 0.05) is 16.9 Å². The summed E-state index contributed by atoms with van der Waals surface area (Å²) in [6, 6.07) is 6.41. The van der Waals surface area contributed by atoms with Crippen molar-refractivity contribution in [2.45, 2.75) is 4.90 Å². The Balaban J connectivity index is 2.58. The third-order valence-electron chi connectivity index (χ3n) is 1.67. The number of rotatable bonds is 6. The Bertz CT molecular complexity index is 483. The summed E-state index contributed by atoms with van der Waals surface area (Å²) in [5.74, 6) is -0.592. The predicted octanol–water partition coefficient (Wildman–Crippen LogP) is 2.04. The van der Waals surface area contributed by atoms with E-state index in [0.717, 1.165) is 0 Å². The van der Waals surface area contributed by atoms with E-state index in [-0.39, 0.29) is 0 Å². The van der Waals surface area contributed by atoms with Gasteiger partial charge in [0.05, 0.1) is 7.11 Å². The van der Waals surface area contributed by atoms with Crippen molar-refractivity contribution in [3.05, 3.63) is 24.3 Å². The molecule has 1 rings (SSSR count). The zero-order valence-electron chi connectivity index (χ0n) is 9.29. The normalized spacial score (nSPS) is 15.1. The Morgan fingerprint density at radius 2 is 1.72 bits per heavy atom. The summed E-state index contributed by atoms with van der Waals surface area (Å²) in [5, 5.41) is 0. The average Bonchev–Trinajstić information content (AvgIpc) is 2.24. The van der Waals surface area contributed by atoms with E-state index in [1.165, 1.54) is 7.11 Å². The zero-order valence-corrected chi connectivity index (χ0v) is 11.9. The van der Waals surface area contributed by atoms with Gasteiger partial charge < -0.3 is 19.4 Å². The van der Waals surface area contributed by atoms with Crippen molar-refractivity contribution in [2.24, 2.45) is 0 Å². The third-order valence-corrected chi connectivity index (χ3v) is 6.27. The van der Waals surface area contributed by atoms with Gasteiger partial charge in [-0.2, -0.15) is 0 Å². The summed E-state index contributed by atoms with van der Waals surface area (Å²) >= 11 is 0.575. The van der Waals surface area contributed by atoms with Gasteiger partial charge in [-0.1, -0.05) is 0 Å². The van der Waals surface area contributed by atoms with E-state index in [9.17, 15) is 14.0 Å².